The van der Waals surface area contributed by atoms with Crippen LogP contribution in [0.1, 0.15) is 18.4 Å². The van der Waals surface area contributed by atoms with Crippen LogP contribution in [-0.4, -0.2) is 43.3 Å². The minimum Gasteiger partial charge on any atom is -0.493 e. The molecule has 3 rings (SSSR count). The molecule has 3 aromatic rings. The summed E-state index contributed by atoms with van der Waals surface area (Å²) in [5, 5.41) is 0. The summed E-state index contributed by atoms with van der Waals surface area (Å²) in [7, 11) is -0.262. The number of imidazole rings is 1. The van der Waals surface area contributed by atoms with Gasteiger partial charge in [-0.2, -0.15) is 0 Å². The van der Waals surface area contributed by atoms with E-state index in [1.807, 2.05) is 6.92 Å². The first kappa shape index (κ1) is 21.9. The van der Waals surface area contributed by atoms with Crippen molar-refractivity contribution in [3.05, 3.63) is 58.3 Å². The third kappa shape index (κ3) is 4.51. The van der Waals surface area contributed by atoms with Gasteiger partial charge in [-0.15, -0.1) is 0 Å². The summed E-state index contributed by atoms with van der Waals surface area (Å²) in [5.41, 5.74) is 1.35. The van der Waals surface area contributed by atoms with Crippen LogP contribution in [0.4, 0.5) is 4.39 Å². The molecule has 0 saturated carbocycles. The van der Waals surface area contributed by atoms with Crippen molar-refractivity contribution in [2.45, 2.75) is 19.4 Å². The smallest absolute Gasteiger partial charge is 0.328 e. The van der Waals surface area contributed by atoms with E-state index in [0.717, 1.165) is 6.26 Å². The van der Waals surface area contributed by atoms with Crippen LogP contribution in [0.15, 0.2) is 41.2 Å². The van der Waals surface area contributed by atoms with Crippen molar-refractivity contribution in [2.75, 3.05) is 25.7 Å². The number of hydrogen-bond acceptors (Lipinski definition) is 5. The second-order valence-corrected chi connectivity index (χ2v) is 9.40. The van der Waals surface area contributed by atoms with E-state index in [-0.39, 0.29) is 18.0 Å². The van der Waals surface area contributed by atoms with Gasteiger partial charge in [-0.05, 0) is 42.8 Å². The number of hydrogen-bond donors (Lipinski definition) is 0. The van der Waals surface area contributed by atoms with Gasteiger partial charge in [-0.25, -0.2) is 17.6 Å². The molecule has 162 valence electrons. The Kier molecular flexibility index (Phi) is 6.21. The van der Waals surface area contributed by atoms with Crippen molar-refractivity contribution in [1.29, 1.82) is 0 Å². The van der Waals surface area contributed by atoms with Crippen LogP contribution in [0, 0.1) is 5.82 Å². The quantitative estimate of drug-likeness (QED) is 0.543. The molecule has 0 fully saturated rings. The fourth-order valence-electron chi connectivity index (χ4n) is 3.61. The largest absolute Gasteiger partial charge is 0.493 e. The Hall–Kier alpha value is -2.81. The number of halogens is 1. The maximum absolute atomic E-state index is 13.7. The molecule has 30 heavy (non-hydrogen) atoms. The molecule has 0 amide bonds. The highest BCUT2D eigenvalue weighted by atomic mass is 32.2. The number of aromatic nitrogens is 2. The van der Waals surface area contributed by atoms with Gasteiger partial charge < -0.3 is 9.47 Å². The molecule has 1 aromatic heterocycles. The highest BCUT2D eigenvalue weighted by molar-refractivity contribution is 7.90. The second kappa shape index (κ2) is 8.51. The van der Waals surface area contributed by atoms with Crippen LogP contribution in [0.25, 0.3) is 11.0 Å². The summed E-state index contributed by atoms with van der Waals surface area (Å²) in [6.07, 6.45) is 1.16. The predicted octanol–water partition coefficient (Wildman–Crippen LogP) is 2.71. The molecular formula is C21H25FN2O5S. The molecular weight excluding hydrogens is 411 g/mol. The molecule has 9 heteroatoms. The molecule has 0 radical (unpaired) electrons. The highest BCUT2D eigenvalue weighted by Crippen LogP contribution is 2.32. The summed E-state index contributed by atoms with van der Waals surface area (Å²) in [5.74, 6) is -0.0766. The van der Waals surface area contributed by atoms with E-state index in [1.165, 1.54) is 34.4 Å². The summed E-state index contributed by atoms with van der Waals surface area (Å²) >= 11 is 0. The average molecular weight is 437 g/mol. The Balaban J connectivity index is 2.11. The van der Waals surface area contributed by atoms with Crippen molar-refractivity contribution in [2.24, 2.45) is 7.05 Å². The Bertz CT molecular complexity index is 1230. The Morgan fingerprint density at radius 1 is 1.10 bits per heavy atom. The van der Waals surface area contributed by atoms with Crippen LogP contribution in [0.3, 0.4) is 0 Å². The summed E-state index contributed by atoms with van der Waals surface area (Å²) in [4.78, 5) is 12.8. The second-order valence-electron chi connectivity index (χ2n) is 7.22. The number of benzene rings is 2. The van der Waals surface area contributed by atoms with Gasteiger partial charge >= 0.3 is 5.69 Å². The van der Waals surface area contributed by atoms with Crippen molar-refractivity contribution >= 4 is 20.9 Å². The number of fused-ring (bicyclic) bond motifs is 1. The Labute approximate surface area is 174 Å². The van der Waals surface area contributed by atoms with E-state index >= 15 is 0 Å². The van der Waals surface area contributed by atoms with Crippen molar-refractivity contribution in [3.8, 4) is 11.5 Å². The lowest BCUT2D eigenvalue weighted by Crippen LogP contribution is -2.27. The molecule has 0 bridgehead atoms. The van der Waals surface area contributed by atoms with Crippen LogP contribution in [0.5, 0.6) is 11.5 Å². The topological polar surface area (TPSA) is 79.5 Å². The molecule has 7 nitrogen and oxygen atoms in total. The molecule has 1 atom stereocenters. The lowest BCUT2D eigenvalue weighted by atomic mass is 10.00. The SMILES string of the molecule is CCOc1cc([C@@H](Cn2c(=O)n(C)c3cc(F)ccc32)CS(C)(=O)=O)ccc1OC. The minimum absolute atomic E-state index is 0.118. The van der Waals surface area contributed by atoms with Crippen LogP contribution < -0.4 is 15.2 Å². The van der Waals surface area contributed by atoms with Gasteiger partial charge in [0.1, 0.15) is 15.7 Å². The van der Waals surface area contributed by atoms with Gasteiger partial charge in [0.05, 0.1) is 30.5 Å². The van der Waals surface area contributed by atoms with Crippen molar-refractivity contribution in [3.63, 3.8) is 0 Å². The molecule has 0 aliphatic carbocycles. The molecule has 0 spiro atoms. The number of nitrogens with zero attached hydrogens (tertiary/aromatic N) is 2. The van der Waals surface area contributed by atoms with E-state index in [4.69, 9.17) is 9.47 Å². The number of aryl methyl sites for hydroxylation is 1. The lowest BCUT2D eigenvalue weighted by molar-refractivity contribution is 0.310. The number of ether oxygens (including phenoxy) is 2. The molecule has 0 unspecified atom stereocenters. The van der Waals surface area contributed by atoms with Gasteiger partial charge in [0.25, 0.3) is 0 Å². The third-order valence-corrected chi connectivity index (χ3v) is 5.98. The highest BCUT2D eigenvalue weighted by Gasteiger charge is 2.23. The zero-order valence-electron chi connectivity index (χ0n) is 17.4. The number of rotatable bonds is 8. The zero-order valence-corrected chi connectivity index (χ0v) is 18.2. The van der Waals surface area contributed by atoms with Crippen LogP contribution in [0.2, 0.25) is 0 Å². The fourth-order valence-corrected chi connectivity index (χ4v) is 4.64. The van der Waals surface area contributed by atoms with Gasteiger partial charge in [0.2, 0.25) is 0 Å². The molecule has 0 aliphatic rings. The predicted molar refractivity (Wildman–Crippen MR) is 114 cm³/mol. The molecule has 0 aliphatic heterocycles. The van der Waals surface area contributed by atoms with Crippen molar-refractivity contribution < 1.29 is 22.3 Å². The monoisotopic (exact) mass is 436 g/mol. The fraction of sp³-hybridized carbons (Fsp3) is 0.381. The first-order valence-corrected chi connectivity index (χ1v) is 11.5. The van der Waals surface area contributed by atoms with E-state index in [1.54, 1.807) is 25.2 Å². The average Bonchev–Trinajstić information content (AvgIpc) is 2.91. The molecule has 2 aromatic carbocycles. The summed E-state index contributed by atoms with van der Waals surface area (Å²) in [6, 6.07) is 9.34. The molecule has 0 N–H and O–H groups in total. The van der Waals surface area contributed by atoms with Gasteiger partial charge in [0, 0.05) is 25.8 Å². The maximum Gasteiger partial charge on any atom is 0.328 e. The summed E-state index contributed by atoms with van der Waals surface area (Å²) < 4.78 is 51.7. The van der Waals surface area contributed by atoms with E-state index in [0.29, 0.717) is 34.7 Å². The van der Waals surface area contributed by atoms with Crippen molar-refractivity contribution in [1.82, 2.24) is 9.13 Å². The lowest BCUT2D eigenvalue weighted by Gasteiger charge is -2.19. The standard InChI is InChI=1S/C21H25FN2O5S/c1-5-29-20-10-14(6-9-19(20)28-3)15(13-30(4,26)27)12-24-17-8-7-16(22)11-18(17)23(2)21(24)25/h6-11,15H,5,12-13H2,1-4H3/t15-/m0/s1. The molecule has 0 saturated heterocycles. The number of sulfone groups is 1. The van der Waals surface area contributed by atoms with Gasteiger partial charge in [-0.3, -0.25) is 9.13 Å². The Morgan fingerprint density at radius 2 is 1.83 bits per heavy atom. The first-order valence-electron chi connectivity index (χ1n) is 9.47. The minimum atomic E-state index is -3.35. The van der Waals surface area contributed by atoms with E-state index in [9.17, 15) is 17.6 Å². The van der Waals surface area contributed by atoms with Gasteiger partial charge in [-0.1, -0.05) is 6.07 Å². The van der Waals surface area contributed by atoms with E-state index < -0.39 is 21.6 Å². The first-order chi connectivity index (χ1) is 14.1. The Morgan fingerprint density at radius 3 is 2.47 bits per heavy atom. The van der Waals surface area contributed by atoms with Crippen LogP contribution >= 0.6 is 0 Å². The third-order valence-electron chi connectivity index (χ3n) is 4.97. The number of methoxy groups -OCH3 is 1. The van der Waals surface area contributed by atoms with E-state index in [2.05, 4.69) is 0 Å². The normalized spacial score (nSPS) is 12.8. The van der Waals surface area contributed by atoms with Crippen LogP contribution in [-0.2, 0) is 23.4 Å². The summed E-state index contributed by atoms with van der Waals surface area (Å²) in [6.45, 7) is 2.38. The zero-order chi connectivity index (χ0) is 22.1. The van der Waals surface area contributed by atoms with Gasteiger partial charge in [0.15, 0.2) is 11.5 Å². The maximum atomic E-state index is 13.7. The molecule has 1 heterocycles.